The molecule has 4 aliphatic rings. The second-order valence-electron chi connectivity index (χ2n) is 13.5. The molecule has 2 aromatic heterocycles. The van der Waals surface area contributed by atoms with Crippen molar-refractivity contribution in [3.63, 3.8) is 0 Å². The fourth-order valence-corrected chi connectivity index (χ4v) is 6.89. The van der Waals surface area contributed by atoms with Crippen LogP contribution in [0.25, 0.3) is 10.9 Å². The molecule has 0 bridgehead atoms. The van der Waals surface area contributed by atoms with Crippen molar-refractivity contribution in [1.29, 1.82) is 0 Å². The molecule has 0 aromatic carbocycles. The number of carbonyl (C=O) groups excluding carboxylic acids is 1. The molecule has 2 aromatic rings. The number of halogens is 3. The molecule has 4 fully saturated rings. The Kier molecular flexibility index (Phi) is 8.08. The summed E-state index contributed by atoms with van der Waals surface area (Å²) in [7, 11) is 0. The Bertz CT molecular complexity index is 1380. The highest BCUT2D eigenvalue weighted by Gasteiger charge is 2.50. The van der Waals surface area contributed by atoms with Crippen LogP contribution in [0.1, 0.15) is 66.2 Å². The third kappa shape index (κ3) is 6.07. The van der Waals surface area contributed by atoms with Gasteiger partial charge in [-0.3, -0.25) is 9.80 Å². The first kappa shape index (κ1) is 30.5. The van der Waals surface area contributed by atoms with Gasteiger partial charge < -0.3 is 19.1 Å². The number of carbonyl (C=O) groups is 1. The molecule has 3 atom stereocenters. The molecule has 3 saturated heterocycles. The minimum absolute atomic E-state index is 0.00136. The lowest BCUT2D eigenvalue weighted by atomic mass is 9.91. The molecule has 1 amide bonds. The Morgan fingerprint density at radius 2 is 1.98 bits per heavy atom. The van der Waals surface area contributed by atoms with E-state index in [1.807, 2.05) is 32.6 Å². The number of piperazine rings is 1. The lowest BCUT2D eigenvalue weighted by Crippen LogP contribution is -2.66. The molecule has 5 heterocycles. The van der Waals surface area contributed by atoms with Gasteiger partial charge in [0.15, 0.2) is 11.0 Å². The number of ether oxygens (including phenoxy) is 3. The van der Waals surface area contributed by atoms with Gasteiger partial charge in [0, 0.05) is 38.8 Å². The normalized spacial score (nSPS) is 28.0. The van der Waals surface area contributed by atoms with E-state index in [9.17, 15) is 9.18 Å². The smallest absolute Gasteiger partial charge is 0.410 e. The molecule has 0 radical (unpaired) electrons. The van der Waals surface area contributed by atoms with Crippen molar-refractivity contribution in [3.05, 3.63) is 17.2 Å². The van der Waals surface area contributed by atoms with Crippen molar-refractivity contribution < 1.29 is 27.8 Å². The van der Waals surface area contributed by atoms with Gasteiger partial charge in [-0.1, -0.05) is 18.5 Å². The van der Waals surface area contributed by atoms with Crippen LogP contribution >= 0.6 is 11.6 Å². The van der Waals surface area contributed by atoms with Gasteiger partial charge in [-0.15, -0.1) is 0 Å². The average molecular weight is 623 g/mol. The van der Waals surface area contributed by atoms with Crippen LogP contribution in [0.2, 0.25) is 5.15 Å². The van der Waals surface area contributed by atoms with E-state index in [4.69, 9.17) is 30.8 Å². The van der Waals surface area contributed by atoms with Crippen LogP contribution in [0.5, 0.6) is 6.01 Å². The third-order valence-electron chi connectivity index (χ3n) is 9.17. The van der Waals surface area contributed by atoms with Crippen molar-refractivity contribution in [2.24, 2.45) is 0 Å². The fraction of sp³-hybridized carbons (Fsp3) is 0.733. The Balaban J connectivity index is 1.34. The number of pyridine rings is 1. The van der Waals surface area contributed by atoms with Gasteiger partial charge in [-0.2, -0.15) is 9.97 Å². The fourth-order valence-electron chi connectivity index (χ4n) is 6.75. The van der Waals surface area contributed by atoms with Crippen LogP contribution in [0, 0.1) is 5.82 Å². The second kappa shape index (κ2) is 11.4. The number of hydrogen-bond donors (Lipinski definition) is 0. The molecular weight excluding hydrogens is 582 g/mol. The number of nitrogens with zero attached hydrogens (tertiary/aromatic N) is 6. The number of amides is 1. The summed E-state index contributed by atoms with van der Waals surface area (Å²) in [6.45, 7) is 10.4. The highest BCUT2D eigenvalue weighted by Crippen LogP contribution is 2.41. The standard InChI is InChI=1S/C30H41ClF2N6O4/c1-5-29(17-41-20-7-8-20)16-37(11-12-39(29)27(40)43-28(2,3)4)25-21-14-34-24(31)22(33)23(21)35-26(36-25)42-18-30-9-6-10-38(30)15-19(32)13-30/h14,19-20H,5-13,15-18H2,1-4H3/t19-,29-,30+/m1/s1. The van der Waals surface area contributed by atoms with E-state index in [0.717, 1.165) is 32.2 Å². The summed E-state index contributed by atoms with van der Waals surface area (Å²) in [6, 6.07) is -0.00176. The first-order valence-electron chi connectivity index (χ1n) is 15.3. The van der Waals surface area contributed by atoms with Crippen molar-refractivity contribution in [2.75, 3.05) is 50.8 Å². The van der Waals surface area contributed by atoms with Crippen molar-refractivity contribution >= 4 is 34.4 Å². The Morgan fingerprint density at radius 1 is 1.19 bits per heavy atom. The van der Waals surface area contributed by atoms with Crippen molar-refractivity contribution in [1.82, 2.24) is 24.8 Å². The number of fused-ring (bicyclic) bond motifs is 2. The number of anilines is 1. The molecule has 43 heavy (non-hydrogen) atoms. The third-order valence-corrected chi connectivity index (χ3v) is 9.43. The lowest BCUT2D eigenvalue weighted by Gasteiger charge is -2.50. The monoisotopic (exact) mass is 622 g/mol. The molecule has 6 rings (SSSR count). The highest BCUT2D eigenvalue weighted by molar-refractivity contribution is 6.30. The summed E-state index contributed by atoms with van der Waals surface area (Å²) in [6.07, 6.45) is 5.15. The largest absolute Gasteiger partial charge is 0.461 e. The molecule has 236 valence electrons. The van der Waals surface area contributed by atoms with Crippen LogP contribution in [-0.2, 0) is 9.47 Å². The van der Waals surface area contributed by atoms with E-state index < -0.39 is 34.8 Å². The van der Waals surface area contributed by atoms with Gasteiger partial charge in [-0.05, 0) is 59.4 Å². The molecule has 0 N–H and O–H groups in total. The zero-order valence-corrected chi connectivity index (χ0v) is 26.1. The predicted octanol–water partition coefficient (Wildman–Crippen LogP) is 5.16. The van der Waals surface area contributed by atoms with E-state index in [1.165, 1.54) is 6.20 Å². The van der Waals surface area contributed by atoms with Gasteiger partial charge in [-0.25, -0.2) is 18.6 Å². The van der Waals surface area contributed by atoms with Crippen LogP contribution in [0.3, 0.4) is 0 Å². The van der Waals surface area contributed by atoms with Gasteiger partial charge in [0.2, 0.25) is 0 Å². The molecule has 0 spiro atoms. The molecule has 1 saturated carbocycles. The van der Waals surface area contributed by atoms with Crippen LogP contribution in [0.15, 0.2) is 6.20 Å². The number of alkyl halides is 1. The van der Waals surface area contributed by atoms with Gasteiger partial charge in [0.1, 0.15) is 29.7 Å². The van der Waals surface area contributed by atoms with Crippen LogP contribution < -0.4 is 9.64 Å². The summed E-state index contributed by atoms with van der Waals surface area (Å²) in [4.78, 5) is 32.6. The van der Waals surface area contributed by atoms with E-state index >= 15 is 4.39 Å². The zero-order valence-electron chi connectivity index (χ0n) is 25.4. The van der Waals surface area contributed by atoms with Crippen LogP contribution in [0.4, 0.5) is 19.4 Å². The van der Waals surface area contributed by atoms with Gasteiger partial charge in [0.05, 0.1) is 29.2 Å². The maximum Gasteiger partial charge on any atom is 0.410 e. The minimum Gasteiger partial charge on any atom is -0.461 e. The topological polar surface area (TPSA) is 93.2 Å². The van der Waals surface area contributed by atoms with Crippen molar-refractivity contribution in [2.45, 2.75) is 95.2 Å². The summed E-state index contributed by atoms with van der Waals surface area (Å²) in [5.41, 5.74) is -1.79. The van der Waals surface area contributed by atoms with E-state index in [-0.39, 0.29) is 29.4 Å². The van der Waals surface area contributed by atoms with Gasteiger partial charge >= 0.3 is 12.1 Å². The van der Waals surface area contributed by atoms with Crippen LogP contribution in [-0.4, -0.2) is 106 Å². The molecule has 10 nitrogen and oxygen atoms in total. The summed E-state index contributed by atoms with van der Waals surface area (Å²) < 4.78 is 47.9. The Hall–Kier alpha value is -2.57. The minimum atomic E-state index is -0.902. The number of aromatic nitrogens is 3. The lowest BCUT2D eigenvalue weighted by molar-refractivity contribution is -0.0431. The second-order valence-corrected chi connectivity index (χ2v) is 13.8. The maximum atomic E-state index is 15.4. The molecule has 3 aliphatic heterocycles. The first-order chi connectivity index (χ1) is 20.4. The molecule has 0 unspecified atom stereocenters. The van der Waals surface area contributed by atoms with E-state index in [2.05, 4.69) is 14.9 Å². The molecule has 13 heteroatoms. The van der Waals surface area contributed by atoms with Crippen molar-refractivity contribution in [3.8, 4) is 6.01 Å². The summed E-state index contributed by atoms with van der Waals surface area (Å²) in [5, 5.41) is 0.0913. The first-order valence-corrected chi connectivity index (χ1v) is 15.7. The maximum absolute atomic E-state index is 15.4. The number of rotatable bonds is 8. The Morgan fingerprint density at radius 3 is 2.70 bits per heavy atom. The number of hydrogen-bond acceptors (Lipinski definition) is 9. The Labute approximate surface area is 256 Å². The summed E-state index contributed by atoms with van der Waals surface area (Å²) >= 11 is 6.07. The molecular formula is C30H41ClF2N6O4. The predicted molar refractivity (Wildman–Crippen MR) is 158 cm³/mol. The van der Waals surface area contributed by atoms with E-state index in [0.29, 0.717) is 56.8 Å². The SMILES string of the molecule is CC[C@]1(COC2CC2)CN(c2nc(OC[C@@]34CCCN3C[C@H](F)C4)nc3c(F)c(Cl)ncc23)CCN1C(=O)OC(C)(C)C. The van der Waals surface area contributed by atoms with E-state index in [1.54, 1.807) is 4.90 Å². The zero-order chi connectivity index (χ0) is 30.6. The van der Waals surface area contributed by atoms with Gasteiger partial charge in [0.25, 0.3) is 0 Å². The average Bonchev–Trinajstić information content (AvgIpc) is 3.64. The highest BCUT2D eigenvalue weighted by atomic mass is 35.5. The quantitative estimate of drug-likeness (QED) is 0.370. The molecule has 1 aliphatic carbocycles. The summed E-state index contributed by atoms with van der Waals surface area (Å²) in [5.74, 6) is -0.323.